The van der Waals surface area contributed by atoms with Gasteiger partial charge in [-0.15, -0.1) is 0 Å². The van der Waals surface area contributed by atoms with E-state index in [1.807, 2.05) is 11.8 Å². The van der Waals surface area contributed by atoms with Gasteiger partial charge in [0.05, 0.1) is 24.1 Å². The van der Waals surface area contributed by atoms with Gasteiger partial charge in [0, 0.05) is 6.54 Å². The third-order valence-corrected chi connectivity index (χ3v) is 2.49. The molecule has 0 aromatic carbocycles. The highest BCUT2D eigenvalue weighted by molar-refractivity contribution is 6.30. The van der Waals surface area contributed by atoms with E-state index in [0.29, 0.717) is 30.7 Å². The number of carbonyl (C=O) groups excluding carboxylic acids is 1. The van der Waals surface area contributed by atoms with Crippen molar-refractivity contribution in [3.63, 3.8) is 0 Å². The Bertz CT molecular complexity index is 367. The summed E-state index contributed by atoms with van der Waals surface area (Å²) in [6, 6.07) is 0. The zero-order valence-electron chi connectivity index (χ0n) is 8.35. The first-order valence-corrected chi connectivity index (χ1v) is 5.08. The van der Waals surface area contributed by atoms with Crippen LogP contribution in [0.25, 0.3) is 0 Å². The Hall–Kier alpha value is -1.36. The van der Waals surface area contributed by atoms with Crippen LogP contribution in [0.1, 0.15) is 6.92 Å². The number of anilines is 1. The maximum Gasteiger partial charge on any atom is 0.243 e. The van der Waals surface area contributed by atoms with Gasteiger partial charge in [0.1, 0.15) is 6.54 Å². The zero-order chi connectivity index (χ0) is 10.8. The number of rotatable bonds is 2. The largest absolute Gasteiger partial charge is 0.324 e. The highest BCUT2D eigenvalue weighted by Gasteiger charge is 2.27. The Balaban J connectivity index is 2.13. The standard InChI is InChI=1S/C9H11ClN4O/c1-2-13-6-14(5-8(13)15)9-11-3-7(10)4-12-9/h3-4H,2,5-6H2,1H3. The lowest BCUT2D eigenvalue weighted by atomic mass is 10.5. The second kappa shape index (κ2) is 4.02. The van der Waals surface area contributed by atoms with Crippen molar-refractivity contribution in [1.82, 2.24) is 14.9 Å². The minimum Gasteiger partial charge on any atom is -0.324 e. The van der Waals surface area contributed by atoms with Gasteiger partial charge in [-0.3, -0.25) is 4.79 Å². The maximum atomic E-state index is 11.5. The molecule has 0 aliphatic carbocycles. The molecule has 0 atom stereocenters. The van der Waals surface area contributed by atoms with Crippen LogP contribution in [0, 0.1) is 0 Å². The molecule has 0 bridgehead atoms. The van der Waals surface area contributed by atoms with E-state index in [1.165, 1.54) is 12.4 Å². The normalized spacial score (nSPS) is 16.3. The van der Waals surface area contributed by atoms with E-state index < -0.39 is 0 Å². The van der Waals surface area contributed by atoms with Crippen molar-refractivity contribution >= 4 is 23.5 Å². The third kappa shape index (κ3) is 2.02. The minimum absolute atomic E-state index is 0.107. The molecule has 80 valence electrons. The number of amides is 1. The summed E-state index contributed by atoms with van der Waals surface area (Å²) in [7, 11) is 0. The average Bonchev–Trinajstić information content (AvgIpc) is 2.61. The van der Waals surface area contributed by atoms with Crippen LogP contribution in [0.4, 0.5) is 5.95 Å². The summed E-state index contributed by atoms with van der Waals surface area (Å²) in [6.45, 7) is 3.56. The van der Waals surface area contributed by atoms with Gasteiger partial charge >= 0.3 is 0 Å². The summed E-state index contributed by atoms with van der Waals surface area (Å²) in [4.78, 5) is 23.2. The Morgan fingerprint density at radius 2 is 2.13 bits per heavy atom. The number of aromatic nitrogens is 2. The van der Waals surface area contributed by atoms with E-state index in [4.69, 9.17) is 11.6 Å². The predicted molar refractivity (Wildman–Crippen MR) is 56.6 cm³/mol. The zero-order valence-corrected chi connectivity index (χ0v) is 9.11. The Labute approximate surface area is 92.7 Å². The van der Waals surface area contributed by atoms with E-state index >= 15 is 0 Å². The van der Waals surface area contributed by atoms with Gasteiger partial charge < -0.3 is 9.80 Å². The lowest BCUT2D eigenvalue weighted by Gasteiger charge is -2.15. The van der Waals surface area contributed by atoms with Crippen molar-refractivity contribution in [1.29, 1.82) is 0 Å². The fraction of sp³-hybridized carbons (Fsp3) is 0.444. The van der Waals surface area contributed by atoms with Gasteiger partial charge in [-0.05, 0) is 6.92 Å². The van der Waals surface area contributed by atoms with Gasteiger partial charge in [0.15, 0.2) is 0 Å². The molecule has 6 heteroatoms. The number of nitrogens with zero attached hydrogens (tertiary/aromatic N) is 4. The van der Waals surface area contributed by atoms with Gasteiger partial charge in [-0.2, -0.15) is 0 Å². The highest BCUT2D eigenvalue weighted by Crippen LogP contribution is 2.14. The molecular weight excluding hydrogens is 216 g/mol. The lowest BCUT2D eigenvalue weighted by Crippen LogP contribution is -2.27. The Kier molecular flexibility index (Phi) is 2.73. The fourth-order valence-electron chi connectivity index (χ4n) is 1.48. The first-order chi connectivity index (χ1) is 7.20. The third-order valence-electron chi connectivity index (χ3n) is 2.29. The van der Waals surface area contributed by atoms with Crippen LogP contribution < -0.4 is 4.90 Å². The average molecular weight is 227 g/mol. The van der Waals surface area contributed by atoms with E-state index in [0.717, 1.165) is 0 Å². The molecule has 1 saturated heterocycles. The number of halogens is 1. The van der Waals surface area contributed by atoms with Crippen LogP contribution in [0.3, 0.4) is 0 Å². The molecule has 1 amide bonds. The first kappa shape index (κ1) is 10.2. The molecule has 1 aromatic rings. The molecule has 1 aliphatic heterocycles. The van der Waals surface area contributed by atoms with Crippen LogP contribution in [-0.2, 0) is 4.79 Å². The molecule has 0 spiro atoms. The number of likely N-dealkylation sites (N-methyl/N-ethyl adjacent to an activating group) is 1. The van der Waals surface area contributed by atoms with Crippen molar-refractivity contribution in [2.24, 2.45) is 0 Å². The van der Waals surface area contributed by atoms with Crippen molar-refractivity contribution in [2.45, 2.75) is 6.92 Å². The summed E-state index contributed by atoms with van der Waals surface area (Å²) in [6.07, 6.45) is 3.06. The quantitative estimate of drug-likeness (QED) is 0.747. The summed E-state index contributed by atoms with van der Waals surface area (Å²) in [5.74, 6) is 0.653. The number of carbonyl (C=O) groups is 1. The molecular formula is C9H11ClN4O. The molecule has 1 fully saturated rings. The summed E-state index contributed by atoms with van der Waals surface area (Å²) >= 11 is 5.68. The second-order valence-electron chi connectivity index (χ2n) is 3.29. The van der Waals surface area contributed by atoms with Gasteiger partial charge in [-0.25, -0.2) is 9.97 Å². The van der Waals surface area contributed by atoms with Crippen molar-refractivity contribution in [3.05, 3.63) is 17.4 Å². The molecule has 15 heavy (non-hydrogen) atoms. The molecule has 2 heterocycles. The summed E-state index contributed by atoms with van der Waals surface area (Å²) < 4.78 is 0. The Morgan fingerprint density at radius 1 is 1.47 bits per heavy atom. The van der Waals surface area contributed by atoms with Gasteiger partial charge in [-0.1, -0.05) is 11.6 Å². The van der Waals surface area contributed by atoms with Crippen LogP contribution in [0.15, 0.2) is 12.4 Å². The second-order valence-corrected chi connectivity index (χ2v) is 3.73. The summed E-state index contributed by atoms with van der Waals surface area (Å²) in [5, 5.41) is 0.497. The number of hydrogen-bond donors (Lipinski definition) is 0. The minimum atomic E-state index is 0.107. The van der Waals surface area contributed by atoms with Crippen LogP contribution in [-0.4, -0.2) is 40.5 Å². The Morgan fingerprint density at radius 3 is 2.67 bits per heavy atom. The van der Waals surface area contributed by atoms with Gasteiger partial charge in [0.25, 0.3) is 0 Å². The smallest absolute Gasteiger partial charge is 0.243 e. The monoisotopic (exact) mass is 226 g/mol. The van der Waals surface area contributed by atoms with Crippen LogP contribution >= 0.6 is 11.6 Å². The maximum absolute atomic E-state index is 11.5. The van der Waals surface area contributed by atoms with Crippen molar-refractivity contribution in [2.75, 3.05) is 24.7 Å². The molecule has 5 nitrogen and oxygen atoms in total. The van der Waals surface area contributed by atoms with Gasteiger partial charge in [0.2, 0.25) is 11.9 Å². The molecule has 1 aromatic heterocycles. The molecule has 2 rings (SSSR count). The predicted octanol–water partition coefficient (Wildman–Crippen LogP) is 0.756. The number of hydrogen-bond acceptors (Lipinski definition) is 4. The topological polar surface area (TPSA) is 49.3 Å². The molecule has 1 aliphatic rings. The molecule has 0 saturated carbocycles. The fourth-order valence-corrected chi connectivity index (χ4v) is 1.57. The highest BCUT2D eigenvalue weighted by atomic mass is 35.5. The summed E-state index contributed by atoms with van der Waals surface area (Å²) in [5.41, 5.74) is 0. The van der Waals surface area contributed by atoms with Crippen molar-refractivity contribution in [3.8, 4) is 0 Å². The van der Waals surface area contributed by atoms with E-state index in [1.54, 1.807) is 4.90 Å². The van der Waals surface area contributed by atoms with Crippen LogP contribution in [0.2, 0.25) is 5.02 Å². The SMILES string of the molecule is CCN1CN(c2ncc(Cl)cn2)CC1=O. The molecule has 0 radical (unpaired) electrons. The van der Waals surface area contributed by atoms with Crippen molar-refractivity contribution < 1.29 is 4.79 Å². The van der Waals surface area contributed by atoms with Crippen LogP contribution in [0.5, 0.6) is 0 Å². The molecule has 0 unspecified atom stereocenters. The molecule has 0 N–H and O–H groups in total. The van der Waals surface area contributed by atoms with E-state index in [9.17, 15) is 4.79 Å². The van der Waals surface area contributed by atoms with E-state index in [-0.39, 0.29) is 5.91 Å². The van der Waals surface area contributed by atoms with E-state index in [2.05, 4.69) is 9.97 Å². The lowest BCUT2D eigenvalue weighted by molar-refractivity contribution is -0.126. The first-order valence-electron chi connectivity index (χ1n) is 4.71.